The molecule has 1 rings (SSSR count). The van der Waals surface area contributed by atoms with Gasteiger partial charge in [0.2, 0.25) is 0 Å². The van der Waals surface area contributed by atoms with Crippen molar-refractivity contribution < 1.29 is 4.99 Å². The Morgan fingerprint density at radius 3 is 2.56 bits per heavy atom. The first-order valence-electron chi connectivity index (χ1n) is 5.30. The average Bonchev–Trinajstić information content (AvgIpc) is 2.21. The van der Waals surface area contributed by atoms with Crippen molar-refractivity contribution in [2.75, 3.05) is 5.32 Å². The number of halogens is 2. The number of hydrogen-bond donors (Lipinski definition) is 4. The zero-order valence-electron chi connectivity index (χ0n) is 10.1. The molecular weight excluding hydrogens is 291 g/mol. The van der Waals surface area contributed by atoms with E-state index in [0.29, 0.717) is 21.1 Å². The molecule has 0 amide bonds. The Bertz CT molecular complexity index is 474. The Hall–Kier alpha value is -1.04. The third kappa shape index (κ3) is 5.08. The fraction of sp³-hybridized carbons (Fsp3) is 0.273. The van der Waals surface area contributed by atoms with E-state index in [0.717, 1.165) is 5.69 Å². The summed E-state index contributed by atoms with van der Waals surface area (Å²) in [4.78, 5) is 2.82. The summed E-state index contributed by atoms with van der Waals surface area (Å²) in [6, 6.07) is 5.37. The van der Waals surface area contributed by atoms with Crippen LogP contribution in [-0.2, 0) is 0 Å². The van der Waals surface area contributed by atoms with Gasteiger partial charge in [-0.1, -0.05) is 23.2 Å². The highest BCUT2D eigenvalue weighted by atomic mass is 35.5. The molecule has 0 saturated heterocycles. The quantitative estimate of drug-likeness (QED) is 0.375. The summed E-state index contributed by atoms with van der Waals surface area (Å²) in [6.07, 6.45) is 0. The van der Waals surface area contributed by atoms with Gasteiger partial charge in [0.25, 0.3) is 5.11 Å². The van der Waals surface area contributed by atoms with Crippen molar-refractivity contribution in [3.8, 4) is 0 Å². The zero-order chi connectivity index (χ0) is 13.7. The lowest BCUT2D eigenvalue weighted by Crippen LogP contribution is -2.84. The average molecular weight is 306 g/mol. The Labute approximate surface area is 122 Å². The van der Waals surface area contributed by atoms with Crippen LogP contribution >= 0.6 is 35.4 Å². The van der Waals surface area contributed by atoms with Crippen molar-refractivity contribution in [1.82, 2.24) is 5.32 Å². The number of thiocarbonyl (C=S) groups is 1. The van der Waals surface area contributed by atoms with Crippen LogP contribution in [-0.4, -0.2) is 17.1 Å². The molecule has 0 aliphatic heterocycles. The maximum Gasteiger partial charge on any atom is 0.310 e. The molecule has 0 radical (unpaired) electrons. The molecule has 1 aromatic carbocycles. The molecular formula is C11H15Cl2N4S+. The minimum Gasteiger partial charge on any atom is -0.310 e. The van der Waals surface area contributed by atoms with Crippen LogP contribution in [0.2, 0.25) is 10.0 Å². The molecule has 98 valence electrons. The van der Waals surface area contributed by atoms with Crippen molar-refractivity contribution in [2.24, 2.45) is 5.73 Å². The molecule has 18 heavy (non-hydrogen) atoms. The molecule has 0 unspecified atom stereocenters. The first-order chi connectivity index (χ1) is 8.38. The number of rotatable bonds is 2. The van der Waals surface area contributed by atoms with E-state index >= 15 is 0 Å². The van der Waals surface area contributed by atoms with Crippen LogP contribution < -0.4 is 21.4 Å². The van der Waals surface area contributed by atoms with E-state index in [1.807, 2.05) is 13.8 Å². The van der Waals surface area contributed by atoms with E-state index < -0.39 is 0 Å². The number of nitrogens with one attached hydrogen (secondary N) is 3. The second-order valence-corrected chi connectivity index (χ2v) is 5.14. The largest absolute Gasteiger partial charge is 0.310 e. The summed E-state index contributed by atoms with van der Waals surface area (Å²) in [5, 5.41) is 7.34. The summed E-state index contributed by atoms with van der Waals surface area (Å²) in [6.45, 7) is 3.97. The molecule has 0 fully saturated rings. The van der Waals surface area contributed by atoms with E-state index in [2.05, 4.69) is 15.6 Å². The highest BCUT2D eigenvalue weighted by Crippen LogP contribution is 2.24. The third-order valence-corrected chi connectivity index (χ3v) is 2.83. The number of hydrogen-bond acceptors (Lipinski definition) is 1. The number of anilines is 1. The molecule has 0 aliphatic rings. The smallest absolute Gasteiger partial charge is 0.310 e. The molecule has 0 saturated carbocycles. The maximum absolute atomic E-state index is 5.89. The van der Waals surface area contributed by atoms with E-state index in [4.69, 9.17) is 41.2 Å². The number of benzene rings is 1. The Morgan fingerprint density at radius 1 is 1.33 bits per heavy atom. The normalized spacial score (nSPS) is 11.5. The third-order valence-electron chi connectivity index (χ3n) is 1.87. The van der Waals surface area contributed by atoms with Crippen molar-refractivity contribution in [3.05, 3.63) is 28.2 Å². The summed E-state index contributed by atoms with van der Waals surface area (Å²) < 4.78 is 0. The molecule has 0 atom stereocenters. The van der Waals surface area contributed by atoms with Crippen LogP contribution in [0.3, 0.4) is 0 Å². The lowest BCUT2D eigenvalue weighted by Gasteiger charge is -2.05. The van der Waals surface area contributed by atoms with Gasteiger partial charge >= 0.3 is 5.96 Å². The van der Waals surface area contributed by atoms with Gasteiger partial charge in [-0.25, -0.2) is 4.99 Å². The van der Waals surface area contributed by atoms with Crippen LogP contribution in [0.25, 0.3) is 0 Å². The van der Waals surface area contributed by atoms with Crippen LogP contribution in [0.1, 0.15) is 13.8 Å². The Morgan fingerprint density at radius 2 is 2.00 bits per heavy atom. The SMILES string of the molecule is CC(C)NC(=S)[NH+]=C(N)Nc1ccc(Cl)c(Cl)c1. The lowest BCUT2D eigenvalue weighted by molar-refractivity contribution is -0.317. The standard InChI is InChI=1S/C11H14Cl2N4S/c1-6(2)15-11(18)17-10(14)16-7-3-4-8(12)9(13)5-7/h3-6H,1-2H3,(H4,14,15,16,17,18)/p+1. The van der Waals surface area contributed by atoms with Crippen LogP contribution in [0.4, 0.5) is 5.69 Å². The van der Waals surface area contributed by atoms with Crippen molar-refractivity contribution in [3.63, 3.8) is 0 Å². The van der Waals surface area contributed by atoms with E-state index in [9.17, 15) is 0 Å². The van der Waals surface area contributed by atoms with Crippen LogP contribution in [0, 0.1) is 0 Å². The molecule has 7 heteroatoms. The molecule has 0 aromatic heterocycles. The van der Waals surface area contributed by atoms with Gasteiger partial charge in [-0.3, -0.25) is 5.32 Å². The second-order valence-electron chi connectivity index (χ2n) is 3.92. The van der Waals surface area contributed by atoms with Crippen molar-refractivity contribution in [2.45, 2.75) is 19.9 Å². The molecule has 4 nitrogen and oxygen atoms in total. The number of guanidine groups is 1. The topological polar surface area (TPSA) is 64.0 Å². The van der Waals surface area contributed by atoms with Gasteiger partial charge in [0.1, 0.15) is 0 Å². The summed E-state index contributed by atoms with van der Waals surface area (Å²) in [5.41, 5.74) is 6.49. The molecule has 0 bridgehead atoms. The van der Waals surface area contributed by atoms with E-state index in [1.165, 1.54) is 0 Å². The minimum absolute atomic E-state index is 0.239. The van der Waals surface area contributed by atoms with Gasteiger partial charge in [-0.15, -0.1) is 0 Å². The first kappa shape index (κ1) is 15.0. The first-order valence-corrected chi connectivity index (χ1v) is 6.47. The van der Waals surface area contributed by atoms with Gasteiger partial charge in [0, 0.05) is 0 Å². The Kier molecular flexibility index (Phi) is 5.65. The lowest BCUT2D eigenvalue weighted by atomic mass is 10.3. The monoisotopic (exact) mass is 305 g/mol. The predicted molar refractivity (Wildman–Crippen MR) is 81.1 cm³/mol. The molecule has 0 aliphatic carbocycles. The summed E-state index contributed by atoms with van der Waals surface area (Å²) >= 11 is 16.8. The molecule has 0 spiro atoms. The second kappa shape index (κ2) is 6.78. The van der Waals surface area contributed by atoms with Gasteiger partial charge in [0.15, 0.2) is 0 Å². The number of nitrogens with two attached hydrogens (primary N) is 1. The van der Waals surface area contributed by atoms with Crippen LogP contribution in [0.15, 0.2) is 18.2 Å². The minimum atomic E-state index is 0.239. The molecule has 0 heterocycles. The van der Waals surface area contributed by atoms with Gasteiger partial charge in [0.05, 0.1) is 21.8 Å². The van der Waals surface area contributed by atoms with E-state index in [1.54, 1.807) is 18.2 Å². The summed E-state index contributed by atoms with van der Waals surface area (Å²) in [7, 11) is 0. The fourth-order valence-electron chi connectivity index (χ4n) is 1.18. The predicted octanol–water partition coefficient (Wildman–Crippen LogP) is 1.08. The summed E-state index contributed by atoms with van der Waals surface area (Å²) in [5.74, 6) is 0.312. The van der Waals surface area contributed by atoms with E-state index in [-0.39, 0.29) is 6.04 Å². The van der Waals surface area contributed by atoms with Gasteiger partial charge in [-0.2, -0.15) is 0 Å². The highest BCUT2D eigenvalue weighted by molar-refractivity contribution is 7.79. The highest BCUT2D eigenvalue weighted by Gasteiger charge is 2.05. The zero-order valence-corrected chi connectivity index (χ0v) is 12.4. The van der Waals surface area contributed by atoms with Gasteiger partial charge < -0.3 is 11.1 Å². The Balaban J connectivity index is 2.69. The maximum atomic E-state index is 5.89. The molecule has 1 aromatic rings. The molecule has 5 N–H and O–H groups in total. The fourth-order valence-corrected chi connectivity index (χ4v) is 1.82. The van der Waals surface area contributed by atoms with Crippen LogP contribution in [0.5, 0.6) is 0 Å². The van der Waals surface area contributed by atoms with Crippen molar-refractivity contribution in [1.29, 1.82) is 0 Å². The van der Waals surface area contributed by atoms with Crippen molar-refractivity contribution >= 4 is 52.2 Å². The van der Waals surface area contributed by atoms with Gasteiger partial charge in [-0.05, 0) is 44.3 Å².